The molecular weight excluding hydrogens is 362 g/mol. The Kier molecular flexibility index (Phi) is 4.98. The van der Waals surface area contributed by atoms with Crippen molar-refractivity contribution in [3.8, 4) is 5.69 Å². The standard InChI is InChI=1S/C19H21N5O2S/c1-13-21-17(26-22-13)14-7-10-23(11-8-14)18(25)15-3-5-16(6-4-15)24-12-9-20-19(24)27-2/h3-6,9,12,14H,7-8,10-11H2,1-2H3. The van der Waals surface area contributed by atoms with E-state index in [1.165, 1.54) is 0 Å². The van der Waals surface area contributed by atoms with Gasteiger partial charge in [0.2, 0.25) is 5.89 Å². The largest absolute Gasteiger partial charge is 0.339 e. The lowest BCUT2D eigenvalue weighted by Gasteiger charge is -2.30. The Morgan fingerprint density at radius 2 is 1.96 bits per heavy atom. The summed E-state index contributed by atoms with van der Waals surface area (Å²) in [4.78, 5) is 23.4. The number of aromatic nitrogens is 4. The van der Waals surface area contributed by atoms with Crippen molar-refractivity contribution in [1.29, 1.82) is 0 Å². The van der Waals surface area contributed by atoms with Crippen LogP contribution in [0.25, 0.3) is 5.69 Å². The first kappa shape index (κ1) is 17.8. The van der Waals surface area contributed by atoms with Gasteiger partial charge < -0.3 is 9.42 Å². The number of hydrogen-bond donors (Lipinski definition) is 0. The maximum atomic E-state index is 12.8. The Labute approximate surface area is 161 Å². The number of carbonyl (C=O) groups is 1. The van der Waals surface area contributed by atoms with Gasteiger partial charge in [-0.25, -0.2) is 4.98 Å². The van der Waals surface area contributed by atoms with Crippen LogP contribution in [0.2, 0.25) is 0 Å². The SMILES string of the molecule is CSc1nccn1-c1ccc(C(=O)N2CCC(c3nc(C)no3)CC2)cc1. The van der Waals surface area contributed by atoms with Gasteiger partial charge in [0.05, 0.1) is 0 Å². The van der Waals surface area contributed by atoms with Crippen molar-refractivity contribution in [2.24, 2.45) is 0 Å². The van der Waals surface area contributed by atoms with Gasteiger partial charge in [0.1, 0.15) is 0 Å². The Morgan fingerprint density at radius 3 is 2.59 bits per heavy atom. The summed E-state index contributed by atoms with van der Waals surface area (Å²) in [5.74, 6) is 1.65. The number of rotatable bonds is 4. The molecule has 0 aliphatic carbocycles. The number of imidazole rings is 1. The Morgan fingerprint density at radius 1 is 1.22 bits per heavy atom. The number of hydrogen-bond acceptors (Lipinski definition) is 6. The molecule has 0 N–H and O–H groups in total. The Bertz CT molecular complexity index is 926. The minimum Gasteiger partial charge on any atom is -0.339 e. The lowest BCUT2D eigenvalue weighted by atomic mass is 9.96. The van der Waals surface area contributed by atoms with E-state index in [4.69, 9.17) is 4.52 Å². The first-order valence-corrected chi connectivity index (χ1v) is 10.2. The van der Waals surface area contributed by atoms with E-state index in [9.17, 15) is 4.79 Å². The lowest BCUT2D eigenvalue weighted by molar-refractivity contribution is 0.0704. The third-order valence-corrected chi connectivity index (χ3v) is 5.52. The molecule has 1 amide bonds. The second-order valence-electron chi connectivity index (χ2n) is 6.58. The molecule has 4 rings (SSSR count). The van der Waals surface area contributed by atoms with E-state index in [1.54, 1.807) is 18.0 Å². The molecular formula is C19H21N5O2S. The number of benzene rings is 1. The quantitative estimate of drug-likeness (QED) is 0.643. The van der Waals surface area contributed by atoms with Crippen molar-refractivity contribution >= 4 is 17.7 Å². The molecule has 8 heteroatoms. The van der Waals surface area contributed by atoms with Gasteiger partial charge in [-0.1, -0.05) is 16.9 Å². The fraction of sp³-hybridized carbons (Fsp3) is 0.368. The minimum atomic E-state index is 0.0671. The third-order valence-electron chi connectivity index (χ3n) is 4.86. The molecule has 1 aliphatic rings. The highest BCUT2D eigenvalue weighted by Crippen LogP contribution is 2.27. The van der Waals surface area contributed by atoms with E-state index in [2.05, 4.69) is 15.1 Å². The fourth-order valence-electron chi connectivity index (χ4n) is 3.39. The van der Waals surface area contributed by atoms with Gasteiger partial charge >= 0.3 is 0 Å². The molecule has 0 radical (unpaired) electrons. The number of carbonyl (C=O) groups excluding carboxylic acids is 1. The number of amides is 1. The number of aryl methyl sites for hydroxylation is 1. The van der Waals surface area contributed by atoms with Crippen LogP contribution in [0.5, 0.6) is 0 Å². The molecule has 1 fully saturated rings. The van der Waals surface area contributed by atoms with Gasteiger partial charge in [0, 0.05) is 42.7 Å². The second-order valence-corrected chi connectivity index (χ2v) is 7.35. The van der Waals surface area contributed by atoms with Crippen molar-refractivity contribution in [1.82, 2.24) is 24.6 Å². The van der Waals surface area contributed by atoms with E-state index in [0.717, 1.165) is 23.7 Å². The summed E-state index contributed by atoms with van der Waals surface area (Å²) in [5, 5.41) is 4.78. The minimum absolute atomic E-state index is 0.0671. The second kappa shape index (κ2) is 7.56. The first-order chi connectivity index (χ1) is 13.2. The van der Waals surface area contributed by atoms with Gasteiger partial charge in [-0.3, -0.25) is 9.36 Å². The van der Waals surface area contributed by atoms with Crippen LogP contribution in [-0.4, -0.2) is 49.8 Å². The van der Waals surface area contributed by atoms with E-state index in [0.29, 0.717) is 30.4 Å². The van der Waals surface area contributed by atoms with Crippen LogP contribution in [0.4, 0.5) is 0 Å². The molecule has 1 aliphatic heterocycles. The van der Waals surface area contributed by atoms with Gasteiger partial charge in [0.15, 0.2) is 11.0 Å². The monoisotopic (exact) mass is 383 g/mol. The number of nitrogens with zero attached hydrogens (tertiary/aromatic N) is 5. The molecule has 7 nitrogen and oxygen atoms in total. The summed E-state index contributed by atoms with van der Waals surface area (Å²) in [5.41, 5.74) is 1.70. The molecule has 2 aromatic heterocycles. The smallest absolute Gasteiger partial charge is 0.253 e. The zero-order chi connectivity index (χ0) is 18.8. The molecule has 140 valence electrons. The van der Waals surface area contributed by atoms with Crippen molar-refractivity contribution in [3.05, 3.63) is 53.9 Å². The number of thioether (sulfide) groups is 1. The van der Waals surface area contributed by atoms with Crippen LogP contribution in [0.15, 0.2) is 46.3 Å². The lowest BCUT2D eigenvalue weighted by Crippen LogP contribution is -2.38. The maximum Gasteiger partial charge on any atom is 0.253 e. The van der Waals surface area contributed by atoms with E-state index in [1.807, 2.05) is 53.1 Å². The van der Waals surface area contributed by atoms with Crippen LogP contribution in [0.3, 0.4) is 0 Å². The van der Waals surface area contributed by atoms with Gasteiger partial charge in [-0.2, -0.15) is 4.98 Å². The zero-order valence-electron chi connectivity index (χ0n) is 15.3. The van der Waals surface area contributed by atoms with Gasteiger partial charge in [0.25, 0.3) is 5.91 Å². The summed E-state index contributed by atoms with van der Waals surface area (Å²) in [6, 6.07) is 7.69. The molecule has 3 aromatic rings. The highest BCUT2D eigenvalue weighted by Gasteiger charge is 2.27. The highest BCUT2D eigenvalue weighted by molar-refractivity contribution is 7.98. The highest BCUT2D eigenvalue weighted by atomic mass is 32.2. The number of likely N-dealkylation sites (tertiary alicyclic amines) is 1. The molecule has 0 bridgehead atoms. The molecule has 3 heterocycles. The molecule has 0 atom stereocenters. The Balaban J connectivity index is 1.41. The van der Waals surface area contributed by atoms with E-state index in [-0.39, 0.29) is 11.8 Å². The van der Waals surface area contributed by atoms with Crippen LogP contribution in [-0.2, 0) is 0 Å². The predicted octanol–water partition coefficient (Wildman–Crippen LogP) is 3.31. The molecule has 27 heavy (non-hydrogen) atoms. The molecule has 1 saturated heterocycles. The van der Waals surface area contributed by atoms with Crippen LogP contribution >= 0.6 is 11.8 Å². The molecule has 1 aromatic carbocycles. The average Bonchev–Trinajstić information content (AvgIpc) is 3.36. The van der Waals surface area contributed by atoms with Crippen molar-refractivity contribution in [2.45, 2.75) is 30.8 Å². The van der Waals surface area contributed by atoms with E-state index >= 15 is 0 Å². The van der Waals surface area contributed by atoms with Crippen molar-refractivity contribution < 1.29 is 9.32 Å². The molecule has 0 unspecified atom stereocenters. The molecule has 0 spiro atoms. The summed E-state index contributed by atoms with van der Waals surface area (Å²) < 4.78 is 7.29. The third kappa shape index (κ3) is 3.62. The molecule has 0 saturated carbocycles. The summed E-state index contributed by atoms with van der Waals surface area (Å²) >= 11 is 1.59. The first-order valence-electron chi connectivity index (χ1n) is 8.93. The predicted molar refractivity (Wildman–Crippen MR) is 102 cm³/mol. The zero-order valence-corrected chi connectivity index (χ0v) is 16.1. The van der Waals surface area contributed by atoms with Crippen LogP contribution in [0.1, 0.15) is 40.8 Å². The summed E-state index contributed by atoms with van der Waals surface area (Å²) in [6.07, 6.45) is 7.39. The van der Waals surface area contributed by atoms with Gasteiger partial charge in [-0.15, -0.1) is 0 Å². The number of piperidine rings is 1. The normalized spacial score (nSPS) is 15.3. The fourth-order valence-corrected chi connectivity index (χ4v) is 3.92. The Hall–Kier alpha value is -2.61. The summed E-state index contributed by atoms with van der Waals surface area (Å²) in [7, 11) is 0. The topological polar surface area (TPSA) is 77.1 Å². The van der Waals surface area contributed by atoms with Gasteiger partial charge in [-0.05, 0) is 50.3 Å². The van der Waals surface area contributed by atoms with Crippen molar-refractivity contribution in [3.63, 3.8) is 0 Å². The van der Waals surface area contributed by atoms with Crippen molar-refractivity contribution in [2.75, 3.05) is 19.3 Å². The van der Waals surface area contributed by atoms with Crippen LogP contribution in [0, 0.1) is 6.92 Å². The summed E-state index contributed by atoms with van der Waals surface area (Å²) in [6.45, 7) is 3.22. The van der Waals surface area contributed by atoms with E-state index < -0.39 is 0 Å². The average molecular weight is 383 g/mol. The van der Waals surface area contributed by atoms with Crippen LogP contribution < -0.4 is 0 Å². The maximum absolute atomic E-state index is 12.8.